The van der Waals surface area contributed by atoms with Gasteiger partial charge in [-0.25, -0.2) is 0 Å². The Kier molecular flexibility index (Phi) is 4.31. The van der Waals surface area contributed by atoms with Crippen LogP contribution in [0.2, 0.25) is 0 Å². The first-order valence-corrected chi connectivity index (χ1v) is 6.30. The highest BCUT2D eigenvalue weighted by Crippen LogP contribution is 2.10. The summed E-state index contributed by atoms with van der Waals surface area (Å²) < 4.78 is 0. The van der Waals surface area contributed by atoms with Gasteiger partial charge in [0.2, 0.25) is 5.91 Å². The van der Waals surface area contributed by atoms with Gasteiger partial charge < -0.3 is 11.1 Å². The fourth-order valence-corrected chi connectivity index (χ4v) is 1.82. The van der Waals surface area contributed by atoms with Crippen LogP contribution >= 0.6 is 0 Å². The summed E-state index contributed by atoms with van der Waals surface area (Å²) in [5, 5.41) is 2.85. The molecule has 0 bridgehead atoms. The number of nitrogens with two attached hydrogens (primary N) is 1. The third kappa shape index (κ3) is 3.66. The van der Waals surface area contributed by atoms with Crippen molar-refractivity contribution in [1.82, 2.24) is 5.32 Å². The third-order valence-electron chi connectivity index (χ3n) is 3.03. The van der Waals surface area contributed by atoms with Gasteiger partial charge in [0.15, 0.2) is 0 Å². The first-order valence-electron chi connectivity index (χ1n) is 6.30. The summed E-state index contributed by atoms with van der Waals surface area (Å²) in [4.78, 5) is 11.9. The Labute approximate surface area is 113 Å². The van der Waals surface area contributed by atoms with E-state index in [4.69, 9.17) is 5.73 Å². The standard InChI is InChI=1S/C16H18N2O/c1-12-7-9-13(10-8-12)11-18-16(19)15(17)14-5-3-2-4-6-14/h2-10,15H,11,17H2,1H3,(H,18,19). The minimum absolute atomic E-state index is 0.160. The van der Waals surface area contributed by atoms with Crippen molar-refractivity contribution in [3.8, 4) is 0 Å². The highest BCUT2D eigenvalue weighted by atomic mass is 16.2. The Morgan fingerprint density at radius 2 is 1.74 bits per heavy atom. The van der Waals surface area contributed by atoms with E-state index in [1.807, 2.05) is 61.5 Å². The first-order chi connectivity index (χ1) is 9.16. The predicted octanol–water partition coefficient (Wildman–Crippen LogP) is 2.31. The van der Waals surface area contributed by atoms with Crippen LogP contribution in [0.25, 0.3) is 0 Å². The highest BCUT2D eigenvalue weighted by Gasteiger charge is 2.14. The maximum atomic E-state index is 11.9. The monoisotopic (exact) mass is 254 g/mol. The maximum absolute atomic E-state index is 11.9. The molecule has 0 saturated carbocycles. The van der Waals surface area contributed by atoms with Crippen LogP contribution in [-0.2, 0) is 11.3 Å². The predicted molar refractivity (Wildman–Crippen MR) is 76.4 cm³/mol. The summed E-state index contributed by atoms with van der Waals surface area (Å²) in [6.07, 6.45) is 0. The van der Waals surface area contributed by atoms with Crippen molar-refractivity contribution in [3.05, 3.63) is 71.3 Å². The summed E-state index contributed by atoms with van der Waals surface area (Å²) in [5.41, 5.74) is 9.01. The molecular formula is C16H18N2O. The van der Waals surface area contributed by atoms with E-state index in [0.717, 1.165) is 11.1 Å². The van der Waals surface area contributed by atoms with Crippen molar-refractivity contribution in [1.29, 1.82) is 0 Å². The number of nitrogens with one attached hydrogen (secondary N) is 1. The average molecular weight is 254 g/mol. The molecule has 1 unspecified atom stereocenters. The lowest BCUT2D eigenvalue weighted by molar-refractivity contribution is -0.122. The van der Waals surface area contributed by atoms with Gasteiger partial charge in [-0.15, -0.1) is 0 Å². The van der Waals surface area contributed by atoms with E-state index < -0.39 is 6.04 Å². The smallest absolute Gasteiger partial charge is 0.241 e. The molecule has 0 aliphatic rings. The van der Waals surface area contributed by atoms with Crippen LogP contribution in [0.1, 0.15) is 22.7 Å². The number of hydrogen-bond donors (Lipinski definition) is 2. The van der Waals surface area contributed by atoms with Crippen LogP contribution in [0, 0.1) is 6.92 Å². The first kappa shape index (κ1) is 13.3. The molecule has 0 saturated heterocycles. The summed E-state index contributed by atoms with van der Waals surface area (Å²) in [5.74, 6) is -0.160. The maximum Gasteiger partial charge on any atom is 0.241 e. The molecule has 0 aromatic heterocycles. The van der Waals surface area contributed by atoms with Crippen molar-refractivity contribution >= 4 is 5.91 Å². The van der Waals surface area contributed by atoms with E-state index >= 15 is 0 Å². The van der Waals surface area contributed by atoms with Crippen LogP contribution < -0.4 is 11.1 Å². The van der Waals surface area contributed by atoms with Gasteiger partial charge in [0.1, 0.15) is 6.04 Å². The second-order valence-electron chi connectivity index (χ2n) is 4.59. The Hall–Kier alpha value is -2.13. The Morgan fingerprint density at radius 3 is 2.37 bits per heavy atom. The second kappa shape index (κ2) is 6.16. The third-order valence-corrected chi connectivity index (χ3v) is 3.03. The molecule has 2 aromatic rings. The molecule has 0 aliphatic carbocycles. The number of hydrogen-bond acceptors (Lipinski definition) is 2. The van der Waals surface area contributed by atoms with Gasteiger partial charge in [-0.1, -0.05) is 60.2 Å². The summed E-state index contributed by atoms with van der Waals surface area (Å²) in [6, 6.07) is 16.8. The summed E-state index contributed by atoms with van der Waals surface area (Å²) >= 11 is 0. The molecule has 0 aliphatic heterocycles. The lowest BCUT2D eigenvalue weighted by Gasteiger charge is -2.12. The van der Waals surface area contributed by atoms with Crippen LogP contribution in [0.5, 0.6) is 0 Å². The number of carbonyl (C=O) groups excluding carboxylic acids is 1. The van der Waals surface area contributed by atoms with Crippen molar-refractivity contribution in [2.75, 3.05) is 0 Å². The fraction of sp³-hybridized carbons (Fsp3) is 0.188. The van der Waals surface area contributed by atoms with E-state index in [0.29, 0.717) is 6.54 Å². The molecule has 3 heteroatoms. The zero-order chi connectivity index (χ0) is 13.7. The Morgan fingerprint density at radius 1 is 1.11 bits per heavy atom. The van der Waals surface area contributed by atoms with E-state index in [1.54, 1.807) is 0 Å². The molecule has 19 heavy (non-hydrogen) atoms. The Bertz CT molecular complexity index is 534. The van der Waals surface area contributed by atoms with E-state index in [2.05, 4.69) is 5.32 Å². The van der Waals surface area contributed by atoms with Gasteiger partial charge in [-0.3, -0.25) is 4.79 Å². The largest absolute Gasteiger partial charge is 0.350 e. The summed E-state index contributed by atoms with van der Waals surface area (Å²) in [7, 11) is 0. The molecule has 0 fully saturated rings. The molecule has 0 spiro atoms. The minimum Gasteiger partial charge on any atom is -0.350 e. The van der Waals surface area contributed by atoms with Crippen molar-refractivity contribution < 1.29 is 4.79 Å². The second-order valence-corrected chi connectivity index (χ2v) is 4.59. The molecule has 1 amide bonds. The van der Waals surface area contributed by atoms with Gasteiger partial charge in [-0.05, 0) is 18.1 Å². The molecule has 0 radical (unpaired) electrons. The van der Waals surface area contributed by atoms with Crippen molar-refractivity contribution in [2.24, 2.45) is 5.73 Å². The number of amides is 1. The van der Waals surface area contributed by atoms with Crippen LogP contribution in [0.4, 0.5) is 0 Å². The normalized spacial score (nSPS) is 11.9. The number of benzene rings is 2. The van der Waals surface area contributed by atoms with E-state index in [-0.39, 0.29) is 5.91 Å². The molecule has 2 aromatic carbocycles. The molecule has 0 heterocycles. The molecule has 1 atom stereocenters. The van der Waals surface area contributed by atoms with E-state index in [9.17, 15) is 4.79 Å². The number of aryl methyl sites for hydroxylation is 1. The molecule has 98 valence electrons. The SMILES string of the molecule is Cc1ccc(CNC(=O)C(N)c2ccccc2)cc1. The number of rotatable bonds is 4. The molecule has 3 N–H and O–H groups in total. The lowest BCUT2D eigenvalue weighted by atomic mass is 10.1. The van der Waals surface area contributed by atoms with Gasteiger partial charge in [0.05, 0.1) is 0 Å². The van der Waals surface area contributed by atoms with Crippen LogP contribution in [0.3, 0.4) is 0 Å². The molecule has 2 rings (SSSR count). The van der Waals surface area contributed by atoms with Gasteiger partial charge >= 0.3 is 0 Å². The number of carbonyl (C=O) groups is 1. The Balaban J connectivity index is 1.93. The van der Waals surface area contributed by atoms with Gasteiger partial charge in [0, 0.05) is 6.54 Å². The van der Waals surface area contributed by atoms with Gasteiger partial charge in [0.25, 0.3) is 0 Å². The van der Waals surface area contributed by atoms with E-state index in [1.165, 1.54) is 5.56 Å². The van der Waals surface area contributed by atoms with Crippen molar-refractivity contribution in [2.45, 2.75) is 19.5 Å². The van der Waals surface area contributed by atoms with Crippen LogP contribution in [0.15, 0.2) is 54.6 Å². The summed E-state index contributed by atoms with van der Waals surface area (Å²) in [6.45, 7) is 2.54. The molecular weight excluding hydrogens is 236 g/mol. The quantitative estimate of drug-likeness (QED) is 0.879. The average Bonchev–Trinajstić information content (AvgIpc) is 2.46. The van der Waals surface area contributed by atoms with Crippen molar-refractivity contribution in [3.63, 3.8) is 0 Å². The highest BCUT2D eigenvalue weighted by molar-refractivity contribution is 5.82. The zero-order valence-electron chi connectivity index (χ0n) is 11.0. The topological polar surface area (TPSA) is 55.1 Å². The lowest BCUT2D eigenvalue weighted by Crippen LogP contribution is -2.33. The fourth-order valence-electron chi connectivity index (χ4n) is 1.82. The zero-order valence-corrected chi connectivity index (χ0v) is 11.0. The van der Waals surface area contributed by atoms with Crippen LogP contribution in [-0.4, -0.2) is 5.91 Å². The minimum atomic E-state index is -0.619. The van der Waals surface area contributed by atoms with Gasteiger partial charge in [-0.2, -0.15) is 0 Å². The molecule has 3 nitrogen and oxygen atoms in total.